The van der Waals surface area contributed by atoms with Gasteiger partial charge in [0.15, 0.2) is 0 Å². The van der Waals surface area contributed by atoms with E-state index < -0.39 is 5.60 Å². The third kappa shape index (κ3) is 6.96. The number of H-pyrrole nitrogens is 2. The van der Waals surface area contributed by atoms with Crippen LogP contribution in [-0.4, -0.2) is 71.8 Å². The molecule has 11 nitrogen and oxygen atoms in total. The Hall–Kier alpha value is -4.64. The molecule has 0 aliphatic carbocycles. The van der Waals surface area contributed by atoms with Crippen LogP contribution in [-0.2, 0) is 16.1 Å². The van der Waals surface area contributed by atoms with Gasteiger partial charge in [0.1, 0.15) is 17.2 Å². The van der Waals surface area contributed by atoms with Crippen LogP contribution in [0.3, 0.4) is 0 Å². The zero-order valence-corrected chi connectivity index (χ0v) is 28.7. The van der Waals surface area contributed by atoms with Crippen LogP contribution >= 0.6 is 0 Å². The summed E-state index contributed by atoms with van der Waals surface area (Å²) in [6.07, 6.45) is 2.55. The summed E-state index contributed by atoms with van der Waals surface area (Å²) in [6.45, 7) is 12.4. The maximum atomic E-state index is 12.9. The number of aliphatic hydroxyl groups excluding tert-OH is 1. The lowest BCUT2D eigenvalue weighted by Crippen LogP contribution is -2.36. The summed E-state index contributed by atoms with van der Waals surface area (Å²) in [5, 5.41) is 10.1. The highest BCUT2D eigenvalue weighted by Gasteiger charge is 2.36. The molecule has 2 aliphatic rings. The van der Waals surface area contributed by atoms with Crippen LogP contribution < -0.4 is 0 Å². The van der Waals surface area contributed by atoms with Crippen LogP contribution in [0.1, 0.15) is 95.4 Å². The van der Waals surface area contributed by atoms with Crippen LogP contribution in [0.15, 0.2) is 48.5 Å². The van der Waals surface area contributed by atoms with Crippen molar-refractivity contribution >= 4 is 12.2 Å². The number of benzene rings is 2. The average Bonchev–Trinajstić information content (AvgIpc) is 3.85. The lowest BCUT2D eigenvalue weighted by atomic mass is 10.00. The number of imidazole rings is 2. The molecule has 0 bridgehead atoms. The van der Waals surface area contributed by atoms with E-state index in [9.17, 15) is 14.7 Å². The van der Waals surface area contributed by atoms with Crippen molar-refractivity contribution in [3.8, 4) is 33.6 Å². The molecule has 254 valence electrons. The number of carbonyl (C=O) groups is 2. The van der Waals surface area contributed by atoms with Crippen molar-refractivity contribution in [2.75, 3.05) is 13.1 Å². The van der Waals surface area contributed by atoms with Gasteiger partial charge in [-0.05, 0) is 78.4 Å². The Morgan fingerprint density at radius 3 is 1.81 bits per heavy atom. The highest BCUT2D eigenvalue weighted by Crippen LogP contribution is 2.36. The van der Waals surface area contributed by atoms with Crippen molar-refractivity contribution in [2.24, 2.45) is 0 Å². The Kier molecular flexibility index (Phi) is 9.33. The van der Waals surface area contributed by atoms with Crippen molar-refractivity contribution in [3.05, 3.63) is 71.6 Å². The van der Waals surface area contributed by atoms with E-state index in [1.54, 1.807) is 9.80 Å². The van der Waals surface area contributed by atoms with E-state index in [0.29, 0.717) is 30.3 Å². The van der Waals surface area contributed by atoms with Gasteiger partial charge < -0.3 is 24.5 Å². The molecule has 0 radical (unpaired) electrons. The number of ether oxygens (including phenoxy) is 2. The van der Waals surface area contributed by atoms with Gasteiger partial charge >= 0.3 is 12.2 Å². The van der Waals surface area contributed by atoms with Crippen LogP contribution in [0.4, 0.5) is 9.59 Å². The van der Waals surface area contributed by atoms with Crippen LogP contribution in [0.5, 0.6) is 0 Å². The van der Waals surface area contributed by atoms with Crippen LogP contribution in [0.25, 0.3) is 33.6 Å². The summed E-state index contributed by atoms with van der Waals surface area (Å²) in [5.74, 6) is 1.44. The van der Waals surface area contributed by atoms with Crippen LogP contribution in [0.2, 0.25) is 0 Å². The van der Waals surface area contributed by atoms with Gasteiger partial charge in [0.05, 0.1) is 41.9 Å². The van der Waals surface area contributed by atoms with Gasteiger partial charge in [-0.3, -0.25) is 9.80 Å². The number of amides is 2. The van der Waals surface area contributed by atoms with Gasteiger partial charge in [-0.1, -0.05) is 48.5 Å². The Bertz CT molecular complexity index is 1750. The zero-order valence-electron chi connectivity index (χ0n) is 28.7. The molecule has 2 unspecified atom stereocenters. The maximum absolute atomic E-state index is 12.9. The number of carbonyl (C=O) groups excluding carboxylic acids is 2. The largest absolute Gasteiger partial charge is 0.447 e. The fourth-order valence-electron chi connectivity index (χ4n) is 6.63. The molecular formula is C37H46N6O5. The monoisotopic (exact) mass is 654 g/mol. The quantitative estimate of drug-likeness (QED) is 0.186. The molecule has 2 fully saturated rings. The average molecular weight is 655 g/mol. The number of hydrogen-bond acceptors (Lipinski definition) is 7. The Labute approximate surface area is 281 Å². The van der Waals surface area contributed by atoms with Gasteiger partial charge in [-0.2, -0.15) is 0 Å². The van der Waals surface area contributed by atoms with E-state index in [1.807, 2.05) is 65.8 Å². The van der Waals surface area contributed by atoms with E-state index in [1.165, 1.54) is 0 Å². The predicted molar refractivity (Wildman–Crippen MR) is 183 cm³/mol. The predicted octanol–water partition coefficient (Wildman–Crippen LogP) is 7.69. The smallest absolute Gasteiger partial charge is 0.410 e. The third-order valence-electron chi connectivity index (χ3n) is 8.84. The van der Waals surface area contributed by atoms with Crippen molar-refractivity contribution in [3.63, 3.8) is 0 Å². The number of aryl methyl sites for hydroxylation is 1. The molecule has 11 heteroatoms. The highest BCUT2D eigenvalue weighted by atomic mass is 16.6. The summed E-state index contributed by atoms with van der Waals surface area (Å²) in [7, 11) is 0. The maximum Gasteiger partial charge on any atom is 0.410 e. The Morgan fingerprint density at radius 2 is 1.29 bits per heavy atom. The van der Waals surface area contributed by atoms with Gasteiger partial charge in [-0.15, -0.1) is 0 Å². The molecular weight excluding hydrogens is 608 g/mol. The fourth-order valence-corrected chi connectivity index (χ4v) is 6.63. The number of rotatable bonds is 7. The number of likely N-dealkylation sites (tertiary alicyclic amines) is 2. The topological polar surface area (TPSA) is 137 Å². The molecule has 6 rings (SSSR count). The van der Waals surface area contributed by atoms with Gasteiger partial charge in [-0.25, -0.2) is 19.6 Å². The molecule has 4 heterocycles. The summed E-state index contributed by atoms with van der Waals surface area (Å²) in [6, 6.07) is 16.0. The van der Waals surface area contributed by atoms with E-state index in [2.05, 4.69) is 34.2 Å². The minimum Gasteiger partial charge on any atom is -0.447 e. The fraction of sp³-hybridized carbons (Fsp3) is 0.459. The second-order valence-corrected chi connectivity index (χ2v) is 14.0. The van der Waals surface area contributed by atoms with E-state index in [-0.39, 0.29) is 37.0 Å². The second-order valence-electron chi connectivity index (χ2n) is 14.0. The summed E-state index contributed by atoms with van der Waals surface area (Å²) in [4.78, 5) is 45.5. The molecule has 2 aromatic heterocycles. The Balaban J connectivity index is 1.17. The minimum absolute atomic E-state index is 0.138. The van der Waals surface area contributed by atoms with Crippen molar-refractivity contribution < 1.29 is 24.2 Å². The van der Waals surface area contributed by atoms with Crippen molar-refractivity contribution in [1.82, 2.24) is 29.7 Å². The normalized spacial score (nSPS) is 18.2. The Morgan fingerprint density at radius 1 is 0.812 bits per heavy atom. The lowest BCUT2D eigenvalue weighted by Gasteiger charge is -2.27. The highest BCUT2D eigenvalue weighted by molar-refractivity contribution is 5.73. The lowest BCUT2D eigenvalue weighted by molar-refractivity contribution is 0.0218. The van der Waals surface area contributed by atoms with Crippen molar-refractivity contribution in [2.45, 2.75) is 97.6 Å². The number of aromatic nitrogens is 4. The van der Waals surface area contributed by atoms with Crippen molar-refractivity contribution in [1.29, 1.82) is 0 Å². The second kappa shape index (κ2) is 13.5. The zero-order chi connectivity index (χ0) is 34.2. The first-order chi connectivity index (χ1) is 22.9. The van der Waals surface area contributed by atoms with E-state index in [0.717, 1.165) is 65.1 Å². The molecule has 2 atom stereocenters. The van der Waals surface area contributed by atoms with Gasteiger partial charge in [0.25, 0.3) is 0 Å². The van der Waals surface area contributed by atoms with E-state index in [4.69, 9.17) is 19.4 Å². The molecule has 2 saturated heterocycles. The minimum atomic E-state index is -0.551. The number of nitrogens with one attached hydrogen (secondary N) is 2. The summed E-state index contributed by atoms with van der Waals surface area (Å²) < 4.78 is 11.1. The molecule has 4 aromatic rings. The standard InChI is InChI=1S/C37H46N6O5/c1-22(2)47-35(45)42-19-7-10-30(42)34-39-28(21-44)32(41-34)27-17-13-25(14-18-27)24-11-15-26(16-12-24)31-23(3)38-33(40-31)29-9-8-20-43(29)36(46)48-37(4,5)6/h11-18,22,29-30,44H,7-10,19-21H2,1-6H3,(H,38,40)(H,39,41). The first-order valence-corrected chi connectivity index (χ1v) is 16.9. The number of aliphatic hydroxyl groups is 1. The number of hydrogen-bond donors (Lipinski definition) is 3. The first-order valence-electron chi connectivity index (χ1n) is 16.9. The summed E-state index contributed by atoms with van der Waals surface area (Å²) in [5.41, 5.74) is 6.54. The van der Waals surface area contributed by atoms with Crippen LogP contribution in [0, 0.1) is 6.92 Å². The van der Waals surface area contributed by atoms with Gasteiger partial charge in [0, 0.05) is 29.9 Å². The molecule has 2 aromatic carbocycles. The molecule has 0 saturated carbocycles. The molecule has 2 amide bonds. The first kappa shape index (κ1) is 33.3. The van der Waals surface area contributed by atoms with E-state index >= 15 is 0 Å². The number of aromatic amines is 2. The third-order valence-corrected chi connectivity index (χ3v) is 8.84. The molecule has 0 spiro atoms. The molecule has 2 aliphatic heterocycles. The molecule has 48 heavy (non-hydrogen) atoms. The number of nitrogens with zero attached hydrogens (tertiary/aromatic N) is 4. The molecule has 3 N–H and O–H groups in total. The SMILES string of the molecule is Cc1[nH]c(C2CCCN2C(=O)OC(C)(C)C)nc1-c1ccc(-c2ccc(-c3nc(C4CCCN4C(=O)OC(C)C)[nH]c3CO)cc2)cc1. The summed E-state index contributed by atoms with van der Waals surface area (Å²) >= 11 is 0. The van der Waals surface area contributed by atoms with Gasteiger partial charge in [0.2, 0.25) is 0 Å².